The minimum Gasteiger partial charge on any atom is -0.396 e. The van der Waals surface area contributed by atoms with E-state index in [1.807, 2.05) is 6.07 Å². The lowest BCUT2D eigenvalue weighted by Crippen LogP contribution is -2.17. The summed E-state index contributed by atoms with van der Waals surface area (Å²) in [4.78, 5) is 3.94. The minimum atomic E-state index is -2.99. The van der Waals surface area contributed by atoms with Gasteiger partial charge in [0.2, 0.25) is 0 Å². The fourth-order valence-electron chi connectivity index (χ4n) is 1.14. The molecule has 0 unspecified atom stereocenters. The highest BCUT2D eigenvalue weighted by molar-refractivity contribution is 7.91. The highest BCUT2D eigenvalue weighted by atomic mass is 32.2. The van der Waals surface area contributed by atoms with Crippen LogP contribution in [0.25, 0.3) is 0 Å². The average Bonchev–Trinajstić information content (AvgIpc) is 2.31. The highest BCUT2D eigenvalue weighted by Gasteiger charge is 2.07. The Labute approximate surface area is 100 Å². The molecule has 1 aromatic rings. The number of anilines is 2. The van der Waals surface area contributed by atoms with Gasteiger partial charge in [-0.3, -0.25) is 0 Å². The number of hydrogen-bond donors (Lipinski definition) is 2. The number of hydrogen-bond acceptors (Lipinski definition) is 6. The van der Waals surface area contributed by atoms with Crippen molar-refractivity contribution in [1.82, 2.24) is 4.98 Å². The fraction of sp³-hybridized carbons (Fsp3) is 0.400. The maximum absolute atomic E-state index is 11.2. The number of nitrogens with two attached hydrogens (primary N) is 1. The first-order valence-electron chi connectivity index (χ1n) is 5.09. The van der Waals surface area contributed by atoms with Gasteiger partial charge in [0.1, 0.15) is 11.9 Å². The van der Waals surface area contributed by atoms with Crippen LogP contribution in [-0.2, 0) is 9.84 Å². The van der Waals surface area contributed by atoms with E-state index in [0.717, 1.165) is 0 Å². The van der Waals surface area contributed by atoms with Crippen molar-refractivity contribution in [2.75, 3.05) is 29.1 Å². The molecular formula is C10H14N4O2S. The molecule has 0 amide bonds. The zero-order valence-corrected chi connectivity index (χ0v) is 10.3. The molecule has 1 aromatic heterocycles. The number of nitrogens with one attached hydrogen (secondary N) is 1. The summed E-state index contributed by atoms with van der Waals surface area (Å²) < 4.78 is 22.5. The van der Waals surface area contributed by atoms with E-state index < -0.39 is 9.84 Å². The van der Waals surface area contributed by atoms with Gasteiger partial charge in [-0.2, -0.15) is 5.26 Å². The molecule has 0 radical (unpaired) electrons. The molecule has 92 valence electrons. The molecule has 0 aliphatic carbocycles. The lowest BCUT2D eigenvalue weighted by molar-refractivity contribution is 0.597. The van der Waals surface area contributed by atoms with Crippen LogP contribution in [0.2, 0.25) is 0 Å². The molecule has 1 rings (SSSR count). The summed E-state index contributed by atoms with van der Waals surface area (Å²) in [6.45, 7) is 1.86. The molecule has 0 aliphatic rings. The van der Waals surface area contributed by atoms with E-state index >= 15 is 0 Å². The summed E-state index contributed by atoms with van der Waals surface area (Å²) in [6, 6.07) is 5.02. The quantitative estimate of drug-likeness (QED) is 0.786. The zero-order chi connectivity index (χ0) is 12.9. The maximum Gasteiger partial charge on any atom is 0.165 e. The highest BCUT2D eigenvalue weighted by Crippen LogP contribution is 2.11. The molecule has 0 saturated carbocycles. The van der Waals surface area contributed by atoms with Crippen molar-refractivity contribution in [2.45, 2.75) is 6.92 Å². The van der Waals surface area contributed by atoms with Crippen molar-refractivity contribution in [3.8, 4) is 6.07 Å². The van der Waals surface area contributed by atoms with Crippen LogP contribution in [0.1, 0.15) is 12.6 Å². The predicted molar refractivity (Wildman–Crippen MR) is 66.2 cm³/mol. The van der Waals surface area contributed by atoms with Crippen LogP contribution in [0.4, 0.5) is 11.5 Å². The Morgan fingerprint density at radius 1 is 1.53 bits per heavy atom. The van der Waals surface area contributed by atoms with Crippen LogP contribution >= 0.6 is 0 Å². The summed E-state index contributed by atoms with van der Waals surface area (Å²) >= 11 is 0. The maximum atomic E-state index is 11.2. The predicted octanol–water partition coefficient (Wildman–Crippen LogP) is 0.382. The topological polar surface area (TPSA) is 109 Å². The van der Waals surface area contributed by atoms with Crippen LogP contribution in [-0.4, -0.2) is 31.5 Å². The molecule has 0 bridgehead atoms. The normalized spacial score (nSPS) is 10.8. The molecule has 0 aromatic carbocycles. The number of nitrogen functional groups attached to an aromatic ring is 1. The Bertz CT molecular complexity index is 534. The van der Waals surface area contributed by atoms with Gasteiger partial charge < -0.3 is 11.1 Å². The summed E-state index contributed by atoms with van der Waals surface area (Å²) in [5.41, 5.74) is 5.95. The number of nitriles is 1. The molecule has 0 spiro atoms. The average molecular weight is 254 g/mol. The first-order chi connectivity index (χ1) is 7.98. The second kappa shape index (κ2) is 5.50. The summed E-state index contributed by atoms with van der Waals surface area (Å²) in [5, 5.41) is 11.6. The lowest BCUT2D eigenvalue weighted by Gasteiger charge is -2.06. The molecule has 0 fully saturated rings. The van der Waals surface area contributed by atoms with Crippen molar-refractivity contribution < 1.29 is 8.42 Å². The van der Waals surface area contributed by atoms with Crippen molar-refractivity contribution in [2.24, 2.45) is 0 Å². The second-order valence-corrected chi connectivity index (χ2v) is 5.88. The van der Waals surface area contributed by atoms with E-state index in [9.17, 15) is 8.42 Å². The molecule has 17 heavy (non-hydrogen) atoms. The Kier molecular flexibility index (Phi) is 4.29. The van der Waals surface area contributed by atoms with E-state index in [2.05, 4.69) is 10.3 Å². The van der Waals surface area contributed by atoms with Crippen molar-refractivity contribution >= 4 is 21.3 Å². The van der Waals surface area contributed by atoms with Crippen molar-refractivity contribution in [3.63, 3.8) is 0 Å². The first kappa shape index (κ1) is 13.3. The van der Waals surface area contributed by atoms with Crippen LogP contribution in [0.5, 0.6) is 0 Å². The summed E-state index contributed by atoms with van der Waals surface area (Å²) in [7, 11) is -2.99. The van der Waals surface area contributed by atoms with Gasteiger partial charge in [-0.25, -0.2) is 13.4 Å². The minimum absolute atomic E-state index is 0.0391. The van der Waals surface area contributed by atoms with Crippen molar-refractivity contribution in [1.29, 1.82) is 5.26 Å². The third-order valence-corrected chi connectivity index (χ3v) is 3.90. The Morgan fingerprint density at radius 2 is 2.24 bits per heavy atom. The van der Waals surface area contributed by atoms with Crippen LogP contribution in [0, 0.1) is 11.3 Å². The van der Waals surface area contributed by atoms with Gasteiger partial charge in [0, 0.05) is 12.3 Å². The first-order valence-corrected chi connectivity index (χ1v) is 6.91. The van der Waals surface area contributed by atoms with E-state index in [0.29, 0.717) is 11.5 Å². The van der Waals surface area contributed by atoms with E-state index in [-0.39, 0.29) is 23.7 Å². The summed E-state index contributed by atoms with van der Waals surface area (Å²) in [5.74, 6) is 0.604. The van der Waals surface area contributed by atoms with Gasteiger partial charge in [0.15, 0.2) is 15.5 Å². The largest absolute Gasteiger partial charge is 0.396 e. The van der Waals surface area contributed by atoms with Gasteiger partial charge in [-0.05, 0) is 12.1 Å². The van der Waals surface area contributed by atoms with E-state index in [1.54, 1.807) is 19.1 Å². The molecule has 0 atom stereocenters. The van der Waals surface area contributed by atoms with Gasteiger partial charge in [0.05, 0.1) is 11.4 Å². The van der Waals surface area contributed by atoms with Crippen LogP contribution in [0.15, 0.2) is 12.1 Å². The van der Waals surface area contributed by atoms with Crippen LogP contribution < -0.4 is 11.1 Å². The Morgan fingerprint density at radius 3 is 2.82 bits per heavy atom. The number of nitrogens with zero attached hydrogens (tertiary/aromatic N) is 2. The number of aromatic nitrogens is 1. The van der Waals surface area contributed by atoms with Crippen LogP contribution in [0.3, 0.4) is 0 Å². The number of rotatable bonds is 5. The van der Waals surface area contributed by atoms with E-state index in [4.69, 9.17) is 11.0 Å². The molecule has 1 heterocycles. The molecule has 0 aliphatic heterocycles. The van der Waals surface area contributed by atoms with Gasteiger partial charge in [-0.1, -0.05) is 6.92 Å². The molecule has 7 heteroatoms. The number of pyridine rings is 1. The fourth-order valence-corrected chi connectivity index (χ4v) is 1.84. The van der Waals surface area contributed by atoms with Gasteiger partial charge >= 0.3 is 0 Å². The third kappa shape index (κ3) is 3.92. The second-order valence-electron chi connectivity index (χ2n) is 3.41. The van der Waals surface area contributed by atoms with E-state index in [1.165, 1.54) is 0 Å². The molecule has 3 N–H and O–H groups in total. The third-order valence-electron chi connectivity index (χ3n) is 2.19. The SMILES string of the molecule is CCS(=O)(=O)CCNc1ccc(N)c(C#N)n1. The smallest absolute Gasteiger partial charge is 0.165 e. The molecule has 6 nitrogen and oxygen atoms in total. The number of sulfone groups is 1. The zero-order valence-electron chi connectivity index (χ0n) is 9.47. The standard InChI is InChI=1S/C10H14N4O2S/c1-2-17(15,16)6-5-13-10-4-3-8(12)9(7-11)14-10/h3-4H,2,5-6,12H2,1H3,(H,13,14). The monoisotopic (exact) mass is 254 g/mol. The van der Waals surface area contributed by atoms with Gasteiger partial charge in [-0.15, -0.1) is 0 Å². The lowest BCUT2D eigenvalue weighted by atomic mass is 10.3. The molecule has 0 saturated heterocycles. The Hall–Kier alpha value is -1.81. The van der Waals surface area contributed by atoms with Crippen molar-refractivity contribution in [3.05, 3.63) is 17.8 Å². The summed E-state index contributed by atoms with van der Waals surface area (Å²) in [6.07, 6.45) is 0. The van der Waals surface area contributed by atoms with Gasteiger partial charge in [0.25, 0.3) is 0 Å². The Balaban J connectivity index is 2.63. The molecular weight excluding hydrogens is 240 g/mol.